The lowest BCUT2D eigenvalue weighted by atomic mass is 10.1. The Morgan fingerprint density at radius 1 is 0.941 bits per heavy atom. The highest BCUT2D eigenvalue weighted by Crippen LogP contribution is 2.16. The SMILES string of the molecule is CCOC(Cc1cc(F)c(F)cc1F)OCC. The molecule has 5 heteroatoms. The van der Waals surface area contributed by atoms with E-state index >= 15 is 0 Å². The number of rotatable bonds is 6. The van der Waals surface area contributed by atoms with Gasteiger partial charge in [0.05, 0.1) is 0 Å². The van der Waals surface area contributed by atoms with Gasteiger partial charge in [-0.15, -0.1) is 0 Å². The fraction of sp³-hybridized carbons (Fsp3) is 0.500. The molecule has 0 saturated carbocycles. The maximum absolute atomic E-state index is 13.4. The van der Waals surface area contributed by atoms with Crippen molar-refractivity contribution >= 4 is 0 Å². The van der Waals surface area contributed by atoms with Crippen LogP contribution in [0, 0.1) is 17.5 Å². The zero-order chi connectivity index (χ0) is 12.8. The first-order valence-corrected chi connectivity index (χ1v) is 5.45. The summed E-state index contributed by atoms with van der Waals surface area (Å²) >= 11 is 0. The number of hydrogen-bond donors (Lipinski definition) is 0. The molecule has 1 aromatic rings. The molecule has 0 amide bonds. The number of hydrogen-bond acceptors (Lipinski definition) is 2. The molecule has 0 aliphatic carbocycles. The summed E-state index contributed by atoms with van der Waals surface area (Å²) in [6.45, 7) is 4.34. The molecule has 0 fully saturated rings. The molecule has 2 nitrogen and oxygen atoms in total. The van der Waals surface area contributed by atoms with Crippen molar-refractivity contribution < 1.29 is 22.6 Å². The van der Waals surface area contributed by atoms with Crippen LogP contribution in [0.1, 0.15) is 19.4 Å². The summed E-state index contributed by atoms with van der Waals surface area (Å²) in [5.74, 6) is -3.07. The molecule has 96 valence electrons. The van der Waals surface area contributed by atoms with Crippen molar-refractivity contribution in [2.45, 2.75) is 26.6 Å². The van der Waals surface area contributed by atoms with Crippen LogP contribution in [0.3, 0.4) is 0 Å². The van der Waals surface area contributed by atoms with E-state index in [-0.39, 0.29) is 12.0 Å². The molecule has 0 aromatic heterocycles. The van der Waals surface area contributed by atoms with Gasteiger partial charge in [0.15, 0.2) is 17.9 Å². The van der Waals surface area contributed by atoms with Crippen molar-refractivity contribution in [1.82, 2.24) is 0 Å². The maximum Gasteiger partial charge on any atom is 0.161 e. The van der Waals surface area contributed by atoms with Gasteiger partial charge in [-0.2, -0.15) is 0 Å². The molecule has 0 aliphatic heterocycles. The van der Waals surface area contributed by atoms with Crippen LogP contribution in [-0.2, 0) is 15.9 Å². The Labute approximate surface area is 98.3 Å². The highest BCUT2D eigenvalue weighted by Gasteiger charge is 2.15. The van der Waals surface area contributed by atoms with Crippen LogP contribution in [0.15, 0.2) is 12.1 Å². The van der Waals surface area contributed by atoms with Gasteiger partial charge in [0.1, 0.15) is 5.82 Å². The lowest BCUT2D eigenvalue weighted by Crippen LogP contribution is -2.21. The Bertz CT molecular complexity index is 363. The Morgan fingerprint density at radius 3 is 2.00 bits per heavy atom. The predicted molar refractivity (Wildman–Crippen MR) is 57.1 cm³/mol. The second kappa shape index (κ2) is 6.61. The lowest BCUT2D eigenvalue weighted by Gasteiger charge is -2.17. The van der Waals surface area contributed by atoms with E-state index in [0.29, 0.717) is 19.3 Å². The molecular formula is C12H15F3O2. The first-order valence-electron chi connectivity index (χ1n) is 5.45. The Morgan fingerprint density at radius 2 is 1.47 bits per heavy atom. The standard InChI is InChI=1S/C12H15F3O2/c1-3-16-12(17-4-2)6-8-5-10(14)11(15)7-9(8)13/h5,7,12H,3-4,6H2,1-2H3. The topological polar surface area (TPSA) is 18.5 Å². The predicted octanol–water partition coefficient (Wildman–Crippen LogP) is 3.05. The van der Waals surface area contributed by atoms with Crippen molar-refractivity contribution in [2.24, 2.45) is 0 Å². The van der Waals surface area contributed by atoms with Crippen LogP contribution in [0.4, 0.5) is 13.2 Å². The Kier molecular flexibility index (Phi) is 5.44. The summed E-state index contributed by atoms with van der Waals surface area (Å²) in [4.78, 5) is 0. The fourth-order valence-corrected chi connectivity index (χ4v) is 1.44. The van der Waals surface area contributed by atoms with E-state index in [2.05, 4.69) is 0 Å². The van der Waals surface area contributed by atoms with Crippen LogP contribution in [-0.4, -0.2) is 19.5 Å². The third kappa shape index (κ3) is 4.02. The average Bonchev–Trinajstić information content (AvgIpc) is 2.26. The highest BCUT2D eigenvalue weighted by atomic mass is 19.2. The molecule has 0 unspecified atom stereocenters. The van der Waals surface area contributed by atoms with Crippen LogP contribution >= 0.6 is 0 Å². The minimum absolute atomic E-state index is 0.0378. The molecule has 17 heavy (non-hydrogen) atoms. The van der Waals surface area contributed by atoms with E-state index in [1.54, 1.807) is 13.8 Å². The summed E-state index contributed by atoms with van der Waals surface area (Å²) < 4.78 is 49.4. The van der Waals surface area contributed by atoms with Crippen molar-refractivity contribution in [2.75, 3.05) is 13.2 Å². The first kappa shape index (κ1) is 14.0. The second-order valence-electron chi connectivity index (χ2n) is 3.40. The summed E-state index contributed by atoms with van der Waals surface area (Å²) in [5.41, 5.74) is 0.0378. The number of halogens is 3. The zero-order valence-electron chi connectivity index (χ0n) is 9.80. The maximum atomic E-state index is 13.4. The zero-order valence-corrected chi connectivity index (χ0v) is 9.80. The average molecular weight is 248 g/mol. The van der Waals surface area contributed by atoms with E-state index in [0.717, 1.165) is 6.07 Å². The third-order valence-corrected chi connectivity index (χ3v) is 2.18. The van der Waals surface area contributed by atoms with E-state index in [4.69, 9.17) is 9.47 Å². The normalized spacial score (nSPS) is 11.2. The highest BCUT2D eigenvalue weighted by molar-refractivity contribution is 5.20. The van der Waals surface area contributed by atoms with Gasteiger partial charge >= 0.3 is 0 Å². The monoisotopic (exact) mass is 248 g/mol. The minimum Gasteiger partial charge on any atom is -0.353 e. The van der Waals surface area contributed by atoms with Gasteiger partial charge in [-0.1, -0.05) is 0 Å². The molecule has 1 aromatic carbocycles. The molecular weight excluding hydrogens is 233 g/mol. The van der Waals surface area contributed by atoms with Crippen molar-refractivity contribution in [3.05, 3.63) is 35.1 Å². The summed E-state index contributed by atoms with van der Waals surface area (Å²) in [7, 11) is 0. The van der Waals surface area contributed by atoms with Crippen molar-refractivity contribution in [1.29, 1.82) is 0 Å². The second-order valence-corrected chi connectivity index (χ2v) is 3.40. The van der Waals surface area contributed by atoms with Crippen LogP contribution in [0.25, 0.3) is 0 Å². The molecule has 0 spiro atoms. The van der Waals surface area contributed by atoms with Crippen LogP contribution in [0.5, 0.6) is 0 Å². The van der Waals surface area contributed by atoms with E-state index in [1.807, 2.05) is 0 Å². The van der Waals surface area contributed by atoms with E-state index in [9.17, 15) is 13.2 Å². The number of benzene rings is 1. The van der Waals surface area contributed by atoms with Crippen LogP contribution in [0.2, 0.25) is 0 Å². The summed E-state index contributed by atoms with van der Waals surface area (Å²) in [6, 6.07) is 1.36. The Balaban J connectivity index is 2.81. The van der Waals surface area contributed by atoms with Crippen molar-refractivity contribution in [3.63, 3.8) is 0 Å². The smallest absolute Gasteiger partial charge is 0.161 e. The van der Waals surface area contributed by atoms with Crippen molar-refractivity contribution in [3.8, 4) is 0 Å². The molecule has 0 atom stereocenters. The fourth-order valence-electron chi connectivity index (χ4n) is 1.44. The molecule has 0 bridgehead atoms. The molecule has 0 aliphatic rings. The lowest BCUT2D eigenvalue weighted by molar-refractivity contribution is -0.134. The minimum atomic E-state index is -1.20. The molecule has 0 N–H and O–H groups in total. The van der Waals surface area contributed by atoms with Gasteiger partial charge < -0.3 is 9.47 Å². The summed E-state index contributed by atoms with van der Waals surface area (Å²) in [6.07, 6.45) is -0.602. The van der Waals surface area contributed by atoms with Gasteiger partial charge in [-0.05, 0) is 25.5 Å². The molecule has 0 radical (unpaired) electrons. The molecule has 1 rings (SSSR count). The largest absolute Gasteiger partial charge is 0.353 e. The van der Waals surface area contributed by atoms with E-state index in [1.165, 1.54) is 0 Å². The molecule has 0 saturated heterocycles. The third-order valence-electron chi connectivity index (χ3n) is 2.18. The molecule has 0 heterocycles. The van der Waals surface area contributed by atoms with Gasteiger partial charge in [0, 0.05) is 25.7 Å². The Hall–Kier alpha value is -1.07. The van der Waals surface area contributed by atoms with Gasteiger partial charge in [-0.25, -0.2) is 13.2 Å². The first-order chi connectivity index (χ1) is 8.08. The van der Waals surface area contributed by atoms with Crippen LogP contribution < -0.4 is 0 Å². The van der Waals surface area contributed by atoms with Gasteiger partial charge in [0.25, 0.3) is 0 Å². The van der Waals surface area contributed by atoms with E-state index < -0.39 is 23.7 Å². The quantitative estimate of drug-likeness (QED) is 0.569. The number of ether oxygens (including phenoxy) is 2. The van der Waals surface area contributed by atoms with Gasteiger partial charge in [0.2, 0.25) is 0 Å². The summed E-state index contributed by atoms with van der Waals surface area (Å²) in [5, 5.41) is 0. The van der Waals surface area contributed by atoms with Gasteiger partial charge in [-0.3, -0.25) is 0 Å².